The van der Waals surface area contributed by atoms with Gasteiger partial charge < -0.3 is 19.7 Å². The van der Waals surface area contributed by atoms with Crippen LogP contribution in [0.25, 0.3) is 0 Å². The Morgan fingerprint density at radius 1 is 0.625 bits per heavy atom. The van der Waals surface area contributed by atoms with Crippen LogP contribution in [-0.4, -0.2) is 46.3 Å². The Morgan fingerprint density at radius 3 is 1.16 bits per heavy atom. The molecule has 2 unspecified atom stereocenters. The predicted octanol–water partition coefficient (Wildman–Crippen LogP) is 3.97. The van der Waals surface area contributed by atoms with Crippen LogP contribution >= 0.6 is 0 Å². The smallest absolute Gasteiger partial charge is 0.333 e. The van der Waals surface area contributed by atoms with Gasteiger partial charge in [-0.2, -0.15) is 0 Å². The summed E-state index contributed by atoms with van der Waals surface area (Å²) in [7, 11) is 0. The molecule has 2 rings (SSSR count). The monoisotopic (exact) mass is 452 g/mol. The zero-order valence-corrected chi connectivity index (χ0v) is 19.5. The van der Waals surface area contributed by atoms with Crippen LogP contribution in [0, 0.1) is 23.7 Å². The molecule has 2 saturated carbocycles. The number of ether oxygens (including phenoxy) is 2. The van der Waals surface area contributed by atoms with Gasteiger partial charge in [-0.25, -0.2) is 9.59 Å². The molecule has 0 aliphatic heterocycles. The molecule has 0 aromatic carbocycles. The Balaban J connectivity index is 2.19. The van der Waals surface area contributed by atoms with Gasteiger partial charge in [0.15, 0.2) is 0 Å². The summed E-state index contributed by atoms with van der Waals surface area (Å²) in [5.41, 5.74) is -1.26. The predicted molar refractivity (Wildman–Crippen MR) is 116 cm³/mol. The average molecular weight is 453 g/mol. The van der Waals surface area contributed by atoms with Gasteiger partial charge >= 0.3 is 23.9 Å². The van der Waals surface area contributed by atoms with E-state index in [1.807, 2.05) is 0 Å². The second kappa shape index (κ2) is 11.5. The molecule has 2 fully saturated rings. The molecule has 2 N–H and O–H groups in total. The minimum atomic E-state index is -1.56. The summed E-state index contributed by atoms with van der Waals surface area (Å²) in [6, 6.07) is 0. The number of aliphatic carboxylic acids is 2. The third kappa shape index (κ3) is 6.81. The van der Waals surface area contributed by atoms with Crippen molar-refractivity contribution in [3.8, 4) is 0 Å². The van der Waals surface area contributed by atoms with Gasteiger partial charge in [0.2, 0.25) is 0 Å². The van der Waals surface area contributed by atoms with E-state index in [2.05, 4.69) is 13.8 Å². The van der Waals surface area contributed by atoms with E-state index in [1.165, 1.54) is 13.8 Å². The fraction of sp³-hybridized carbons (Fsp3) is 0.750. The summed E-state index contributed by atoms with van der Waals surface area (Å²) >= 11 is 0. The summed E-state index contributed by atoms with van der Waals surface area (Å²) in [6.45, 7) is 6.86. The highest BCUT2D eigenvalue weighted by molar-refractivity contribution is 6.05. The van der Waals surface area contributed by atoms with Gasteiger partial charge in [-0.05, 0) is 77.0 Å². The highest BCUT2D eigenvalue weighted by Gasteiger charge is 2.38. The van der Waals surface area contributed by atoms with Crippen molar-refractivity contribution in [3.63, 3.8) is 0 Å². The molecule has 32 heavy (non-hydrogen) atoms. The Kier molecular flexibility index (Phi) is 9.28. The lowest BCUT2D eigenvalue weighted by atomic mass is 9.87. The van der Waals surface area contributed by atoms with Crippen molar-refractivity contribution in [2.75, 3.05) is 0 Å². The molecule has 0 spiro atoms. The molecular weight excluding hydrogens is 416 g/mol. The van der Waals surface area contributed by atoms with E-state index in [-0.39, 0.29) is 12.2 Å². The number of hydrogen-bond donors (Lipinski definition) is 2. The van der Waals surface area contributed by atoms with Gasteiger partial charge in [-0.3, -0.25) is 9.59 Å². The highest BCUT2D eigenvalue weighted by atomic mass is 16.5. The minimum absolute atomic E-state index is 0.305. The van der Waals surface area contributed by atoms with Crippen molar-refractivity contribution in [3.05, 3.63) is 11.1 Å². The molecule has 2 atom stereocenters. The van der Waals surface area contributed by atoms with Crippen molar-refractivity contribution >= 4 is 23.9 Å². The van der Waals surface area contributed by atoms with Crippen LogP contribution in [0.2, 0.25) is 0 Å². The molecule has 0 bridgehead atoms. The van der Waals surface area contributed by atoms with Crippen molar-refractivity contribution in [1.82, 2.24) is 0 Å². The minimum Gasteiger partial charge on any atom is -0.478 e. The Morgan fingerprint density at radius 2 is 0.906 bits per heavy atom. The average Bonchev–Trinajstić information content (AvgIpc) is 2.73. The topological polar surface area (TPSA) is 127 Å². The summed E-state index contributed by atoms with van der Waals surface area (Å²) < 4.78 is 11.0. The largest absolute Gasteiger partial charge is 0.478 e. The molecule has 0 amide bonds. The van der Waals surface area contributed by atoms with Crippen LogP contribution in [0.4, 0.5) is 0 Å². The van der Waals surface area contributed by atoms with E-state index >= 15 is 0 Å². The first kappa shape index (κ1) is 25.9. The van der Waals surface area contributed by atoms with E-state index in [0.29, 0.717) is 37.5 Å². The van der Waals surface area contributed by atoms with Crippen molar-refractivity contribution in [2.24, 2.45) is 23.7 Å². The molecule has 2 aliphatic rings. The van der Waals surface area contributed by atoms with Crippen molar-refractivity contribution in [1.29, 1.82) is 0 Å². The summed E-state index contributed by atoms with van der Waals surface area (Å²) in [6.07, 6.45) is 5.82. The number of carboxylic acids is 2. The Labute approximate surface area is 189 Å². The number of carboxylic acid groups (broad SMARTS) is 2. The fourth-order valence-corrected chi connectivity index (χ4v) is 4.53. The lowest BCUT2D eigenvalue weighted by Crippen LogP contribution is -2.33. The number of carbonyl (C=O) groups is 4. The number of hydrogen-bond acceptors (Lipinski definition) is 6. The molecule has 2 aliphatic carbocycles. The lowest BCUT2D eigenvalue weighted by Gasteiger charge is -2.28. The molecule has 8 heteroatoms. The summed E-state index contributed by atoms with van der Waals surface area (Å²) in [5, 5.41) is 19.5. The second-order valence-corrected chi connectivity index (χ2v) is 9.52. The number of carbonyl (C=O) groups excluding carboxylic acids is 2. The molecule has 0 heterocycles. The van der Waals surface area contributed by atoms with Crippen LogP contribution in [0.5, 0.6) is 0 Å². The fourth-order valence-electron chi connectivity index (χ4n) is 4.53. The van der Waals surface area contributed by atoms with Crippen molar-refractivity contribution < 1.29 is 38.9 Å². The van der Waals surface area contributed by atoms with E-state index in [9.17, 15) is 29.4 Å². The first-order chi connectivity index (χ1) is 15.0. The maximum atomic E-state index is 12.7. The zero-order chi connectivity index (χ0) is 24.0. The van der Waals surface area contributed by atoms with E-state index in [4.69, 9.17) is 9.47 Å². The van der Waals surface area contributed by atoms with E-state index in [0.717, 1.165) is 25.7 Å². The maximum absolute atomic E-state index is 12.7. The first-order valence-electron chi connectivity index (χ1n) is 11.6. The van der Waals surface area contributed by atoms with E-state index < -0.39 is 46.9 Å². The Bertz CT molecular complexity index is 677. The lowest BCUT2D eigenvalue weighted by molar-refractivity contribution is -0.157. The van der Waals surface area contributed by atoms with Gasteiger partial charge in [0, 0.05) is 0 Å². The van der Waals surface area contributed by atoms with Gasteiger partial charge in [-0.1, -0.05) is 13.8 Å². The number of esters is 2. The normalized spacial score (nSPS) is 28.6. The van der Waals surface area contributed by atoms with Gasteiger partial charge in [0.25, 0.3) is 0 Å². The van der Waals surface area contributed by atoms with Crippen LogP contribution in [-0.2, 0) is 28.7 Å². The third-order valence-electron chi connectivity index (χ3n) is 6.82. The Hall–Kier alpha value is -2.38. The molecule has 180 valence electrons. The van der Waals surface area contributed by atoms with Gasteiger partial charge in [-0.15, -0.1) is 0 Å². The highest BCUT2D eigenvalue weighted by Crippen LogP contribution is 2.30. The van der Waals surface area contributed by atoms with Crippen LogP contribution in [0.3, 0.4) is 0 Å². The molecule has 8 nitrogen and oxygen atoms in total. The maximum Gasteiger partial charge on any atom is 0.333 e. The molecule has 0 aromatic heterocycles. The molecule has 0 saturated heterocycles. The zero-order valence-electron chi connectivity index (χ0n) is 19.5. The standard InChI is InChI=1S/C24H36O8/c1-13-5-9-17(10-6-13)31-23(29)15(3)19(21(25)26)20(22(27)28)16(4)24(30)32-18-11-7-14(2)8-12-18/h13-18H,5-12H2,1-4H3,(H,25,26)(H,27,28)/b20-19+. The quantitative estimate of drug-likeness (QED) is 0.418. The molecule has 0 radical (unpaired) electrons. The molecular formula is C24H36O8. The van der Waals surface area contributed by atoms with Crippen LogP contribution in [0.15, 0.2) is 11.1 Å². The third-order valence-corrected chi connectivity index (χ3v) is 6.82. The van der Waals surface area contributed by atoms with E-state index in [1.54, 1.807) is 0 Å². The van der Waals surface area contributed by atoms with Crippen LogP contribution < -0.4 is 0 Å². The van der Waals surface area contributed by atoms with Crippen molar-refractivity contribution in [2.45, 2.75) is 91.3 Å². The SMILES string of the molecule is CC1CCC(OC(=O)C(C)/C(C(=O)O)=C(\C(=O)O)C(C)C(=O)OC2CCC(C)CC2)CC1. The van der Waals surface area contributed by atoms with Gasteiger partial charge in [0.05, 0.1) is 23.0 Å². The summed E-state index contributed by atoms with van der Waals surface area (Å²) in [5.74, 6) is -6.26. The number of rotatable bonds is 8. The summed E-state index contributed by atoms with van der Waals surface area (Å²) in [4.78, 5) is 49.4. The first-order valence-corrected chi connectivity index (χ1v) is 11.6. The van der Waals surface area contributed by atoms with Gasteiger partial charge in [0.1, 0.15) is 12.2 Å². The second-order valence-electron chi connectivity index (χ2n) is 9.52. The van der Waals surface area contributed by atoms with Crippen LogP contribution in [0.1, 0.15) is 79.1 Å². The molecule has 0 aromatic rings.